The molecule has 0 bridgehead atoms. The lowest BCUT2D eigenvalue weighted by molar-refractivity contribution is -0.136. The van der Waals surface area contributed by atoms with E-state index < -0.39 is 23.3 Å². The first-order chi connectivity index (χ1) is 11.8. The van der Waals surface area contributed by atoms with Crippen LogP contribution in [0, 0.1) is 6.92 Å². The molecular weight excluding hydrogens is 337 g/mol. The number of alkyl halides is 3. The molecule has 0 amide bonds. The van der Waals surface area contributed by atoms with E-state index in [1.54, 1.807) is 30.3 Å². The summed E-state index contributed by atoms with van der Waals surface area (Å²) in [6.07, 6.45) is -4.71. The Bertz CT molecular complexity index is 1000. The fraction of sp³-hybridized carbons (Fsp3) is 0.111. The zero-order valence-electron chi connectivity index (χ0n) is 12.9. The number of ether oxygens (including phenoxy) is 1. The third-order valence-electron chi connectivity index (χ3n) is 3.63. The second kappa shape index (κ2) is 6.08. The van der Waals surface area contributed by atoms with Gasteiger partial charge in [0.15, 0.2) is 0 Å². The molecule has 0 saturated carbocycles. The molecule has 3 rings (SSSR count). The van der Waals surface area contributed by atoms with Gasteiger partial charge >= 0.3 is 17.8 Å². The van der Waals surface area contributed by atoms with E-state index in [0.29, 0.717) is 6.07 Å². The number of hydrogen-bond acceptors (Lipinski definition) is 4. The SMILES string of the molecule is Cc1c(OC(=O)c2ccccc2)ccc2c(C(F)(F)F)cc(=O)oc12. The van der Waals surface area contributed by atoms with Crippen LogP contribution in [-0.2, 0) is 6.18 Å². The van der Waals surface area contributed by atoms with Crippen LogP contribution in [0.15, 0.2) is 57.7 Å². The fourth-order valence-corrected chi connectivity index (χ4v) is 2.42. The average molecular weight is 348 g/mol. The van der Waals surface area contributed by atoms with Crippen LogP contribution >= 0.6 is 0 Å². The quantitative estimate of drug-likeness (QED) is 0.393. The summed E-state index contributed by atoms with van der Waals surface area (Å²) in [5.74, 6) is -0.652. The van der Waals surface area contributed by atoms with Crippen molar-refractivity contribution in [3.63, 3.8) is 0 Å². The predicted octanol–water partition coefficient (Wildman–Crippen LogP) is 4.34. The molecule has 0 saturated heterocycles. The van der Waals surface area contributed by atoms with Crippen LogP contribution in [0.1, 0.15) is 21.5 Å². The van der Waals surface area contributed by atoms with Crippen molar-refractivity contribution in [3.05, 3.63) is 75.6 Å². The molecule has 0 aliphatic rings. The van der Waals surface area contributed by atoms with Gasteiger partial charge in [0.1, 0.15) is 11.3 Å². The summed E-state index contributed by atoms with van der Waals surface area (Å²) in [5.41, 5.74) is -2.08. The number of benzene rings is 2. The van der Waals surface area contributed by atoms with Gasteiger partial charge in [0, 0.05) is 17.0 Å². The highest BCUT2D eigenvalue weighted by Gasteiger charge is 2.34. The van der Waals surface area contributed by atoms with E-state index in [2.05, 4.69) is 0 Å². The molecule has 0 spiro atoms. The van der Waals surface area contributed by atoms with Crippen LogP contribution in [-0.4, -0.2) is 5.97 Å². The summed E-state index contributed by atoms with van der Waals surface area (Å²) in [6, 6.07) is 10.9. The maximum atomic E-state index is 13.1. The molecule has 0 aliphatic carbocycles. The Balaban J connectivity index is 2.09. The second-order valence-corrected chi connectivity index (χ2v) is 5.30. The average Bonchev–Trinajstić information content (AvgIpc) is 2.57. The normalized spacial score (nSPS) is 11.5. The molecule has 25 heavy (non-hydrogen) atoms. The van der Waals surface area contributed by atoms with Gasteiger partial charge in [-0.05, 0) is 31.2 Å². The Labute approximate surface area is 139 Å². The molecule has 0 fully saturated rings. The third-order valence-corrected chi connectivity index (χ3v) is 3.63. The number of esters is 1. The summed E-state index contributed by atoms with van der Waals surface area (Å²) in [4.78, 5) is 23.6. The summed E-state index contributed by atoms with van der Waals surface area (Å²) in [5, 5.41) is -0.274. The van der Waals surface area contributed by atoms with Gasteiger partial charge < -0.3 is 9.15 Å². The maximum absolute atomic E-state index is 13.1. The van der Waals surface area contributed by atoms with Gasteiger partial charge in [-0.15, -0.1) is 0 Å². The zero-order valence-corrected chi connectivity index (χ0v) is 12.9. The Hall–Kier alpha value is -3.09. The van der Waals surface area contributed by atoms with Crippen molar-refractivity contribution < 1.29 is 27.1 Å². The standard InChI is InChI=1S/C18H11F3O4/c1-10-14(24-17(23)11-5-3-2-4-6-11)8-7-12-13(18(19,20)21)9-15(22)25-16(10)12/h2-9H,1H3. The highest BCUT2D eigenvalue weighted by molar-refractivity contribution is 5.92. The van der Waals surface area contributed by atoms with Crippen molar-refractivity contribution in [1.82, 2.24) is 0 Å². The molecule has 128 valence electrons. The smallest absolute Gasteiger partial charge is 0.417 e. The summed E-state index contributed by atoms with van der Waals surface area (Å²) < 4.78 is 49.4. The predicted molar refractivity (Wildman–Crippen MR) is 83.6 cm³/mol. The molecule has 0 unspecified atom stereocenters. The molecular formula is C18H11F3O4. The Morgan fingerprint density at radius 1 is 1.08 bits per heavy atom. The fourth-order valence-electron chi connectivity index (χ4n) is 2.42. The van der Waals surface area contributed by atoms with Crippen LogP contribution in [0.2, 0.25) is 0 Å². The van der Waals surface area contributed by atoms with Crippen LogP contribution in [0.4, 0.5) is 13.2 Å². The zero-order chi connectivity index (χ0) is 18.2. The minimum atomic E-state index is -4.71. The van der Waals surface area contributed by atoms with E-state index in [-0.39, 0.29) is 27.8 Å². The molecule has 0 radical (unpaired) electrons. The van der Waals surface area contributed by atoms with Crippen molar-refractivity contribution in [1.29, 1.82) is 0 Å². The van der Waals surface area contributed by atoms with Gasteiger partial charge in [-0.2, -0.15) is 13.2 Å². The molecule has 0 aliphatic heterocycles. The van der Waals surface area contributed by atoms with E-state index >= 15 is 0 Å². The van der Waals surface area contributed by atoms with Crippen molar-refractivity contribution in [2.75, 3.05) is 0 Å². The number of carbonyl (C=O) groups excluding carboxylic acids is 1. The molecule has 0 atom stereocenters. The van der Waals surface area contributed by atoms with Gasteiger partial charge in [0.05, 0.1) is 11.1 Å². The first kappa shape index (κ1) is 16.8. The minimum Gasteiger partial charge on any atom is -0.423 e. The molecule has 4 nitrogen and oxygen atoms in total. The van der Waals surface area contributed by atoms with Gasteiger partial charge in [-0.25, -0.2) is 9.59 Å². The maximum Gasteiger partial charge on any atom is 0.417 e. The van der Waals surface area contributed by atoms with E-state index in [1.807, 2.05) is 0 Å². The number of hydrogen-bond donors (Lipinski definition) is 0. The highest BCUT2D eigenvalue weighted by atomic mass is 19.4. The molecule has 7 heteroatoms. The molecule has 2 aromatic carbocycles. The minimum absolute atomic E-state index is 0.0174. The number of fused-ring (bicyclic) bond motifs is 1. The van der Waals surface area contributed by atoms with Crippen molar-refractivity contribution >= 4 is 16.9 Å². The van der Waals surface area contributed by atoms with Crippen LogP contribution in [0.25, 0.3) is 11.0 Å². The third kappa shape index (κ3) is 3.26. The lowest BCUT2D eigenvalue weighted by Gasteiger charge is -2.13. The monoisotopic (exact) mass is 348 g/mol. The second-order valence-electron chi connectivity index (χ2n) is 5.30. The summed E-state index contributed by atoms with van der Waals surface area (Å²) in [6.45, 7) is 1.42. The van der Waals surface area contributed by atoms with Crippen molar-refractivity contribution in [3.8, 4) is 5.75 Å². The Morgan fingerprint density at radius 3 is 2.40 bits per heavy atom. The molecule has 0 N–H and O–H groups in total. The van der Waals surface area contributed by atoms with Crippen LogP contribution < -0.4 is 10.4 Å². The molecule has 3 aromatic rings. The number of rotatable bonds is 2. The van der Waals surface area contributed by atoms with Crippen molar-refractivity contribution in [2.45, 2.75) is 13.1 Å². The van der Waals surface area contributed by atoms with E-state index in [0.717, 1.165) is 6.07 Å². The van der Waals surface area contributed by atoms with Crippen molar-refractivity contribution in [2.24, 2.45) is 0 Å². The van der Waals surface area contributed by atoms with Gasteiger partial charge in [0.2, 0.25) is 0 Å². The van der Waals surface area contributed by atoms with Gasteiger partial charge in [0.25, 0.3) is 0 Å². The van der Waals surface area contributed by atoms with E-state index in [9.17, 15) is 22.8 Å². The first-order valence-electron chi connectivity index (χ1n) is 7.19. The molecule has 1 heterocycles. The topological polar surface area (TPSA) is 56.5 Å². The summed E-state index contributed by atoms with van der Waals surface area (Å²) >= 11 is 0. The van der Waals surface area contributed by atoms with E-state index in [1.165, 1.54) is 13.0 Å². The Morgan fingerprint density at radius 2 is 1.76 bits per heavy atom. The summed E-state index contributed by atoms with van der Waals surface area (Å²) in [7, 11) is 0. The lowest BCUT2D eigenvalue weighted by Crippen LogP contribution is -2.12. The van der Waals surface area contributed by atoms with Gasteiger partial charge in [-0.3, -0.25) is 0 Å². The largest absolute Gasteiger partial charge is 0.423 e. The number of aryl methyl sites for hydroxylation is 1. The Kier molecular flexibility index (Phi) is 4.08. The number of carbonyl (C=O) groups is 1. The highest BCUT2D eigenvalue weighted by Crippen LogP contribution is 2.36. The van der Waals surface area contributed by atoms with Crippen LogP contribution in [0.5, 0.6) is 5.75 Å². The number of halogens is 3. The molecule has 1 aromatic heterocycles. The van der Waals surface area contributed by atoms with Crippen LogP contribution in [0.3, 0.4) is 0 Å². The first-order valence-corrected chi connectivity index (χ1v) is 7.19. The van der Waals surface area contributed by atoms with Gasteiger partial charge in [-0.1, -0.05) is 18.2 Å². The lowest BCUT2D eigenvalue weighted by atomic mass is 10.1. The van der Waals surface area contributed by atoms with E-state index in [4.69, 9.17) is 9.15 Å².